The molecule has 1 rings (SSSR count). The first kappa shape index (κ1) is 14.6. The van der Waals surface area contributed by atoms with E-state index >= 15 is 0 Å². The number of hydrogen-bond acceptors (Lipinski definition) is 3. The van der Waals surface area contributed by atoms with Crippen LogP contribution in [0.4, 0.5) is 5.69 Å². The SMILES string of the molecule is CNC(C)C(c1ccc(C)cc1[N+](=O)[O-])C(C)C. The summed E-state index contributed by atoms with van der Waals surface area (Å²) in [7, 11) is 1.89. The van der Waals surface area contributed by atoms with E-state index in [1.165, 1.54) is 0 Å². The van der Waals surface area contributed by atoms with Crippen molar-refractivity contribution in [1.82, 2.24) is 5.32 Å². The monoisotopic (exact) mass is 250 g/mol. The highest BCUT2D eigenvalue weighted by molar-refractivity contribution is 5.46. The van der Waals surface area contributed by atoms with Crippen molar-refractivity contribution in [3.05, 3.63) is 39.4 Å². The number of likely N-dealkylation sites (N-methyl/N-ethyl adjacent to an activating group) is 1. The van der Waals surface area contributed by atoms with E-state index in [0.717, 1.165) is 11.1 Å². The summed E-state index contributed by atoms with van der Waals surface area (Å²) in [6, 6.07) is 5.70. The normalized spacial score (nSPS) is 14.6. The Hall–Kier alpha value is -1.42. The van der Waals surface area contributed by atoms with Gasteiger partial charge in [0, 0.05) is 23.6 Å². The zero-order chi connectivity index (χ0) is 13.9. The fourth-order valence-corrected chi connectivity index (χ4v) is 2.48. The number of rotatable bonds is 5. The molecule has 1 aromatic carbocycles. The van der Waals surface area contributed by atoms with Crippen LogP contribution in [0.2, 0.25) is 0 Å². The lowest BCUT2D eigenvalue weighted by Crippen LogP contribution is -2.32. The van der Waals surface area contributed by atoms with Gasteiger partial charge in [0.05, 0.1) is 4.92 Å². The van der Waals surface area contributed by atoms with Crippen LogP contribution >= 0.6 is 0 Å². The minimum absolute atomic E-state index is 0.135. The van der Waals surface area contributed by atoms with Crippen LogP contribution in [0.15, 0.2) is 18.2 Å². The van der Waals surface area contributed by atoms with Crippen LogP contribution in [-0.4, -0.2) is 18.0 Å². The van der Waals surface area contributed by atoms with Crippen LogP contribution in [0.5, 0.6) is 0 Å². The van der Waals surface area contributed by atoms with Crippen molar-refractivity contribution in [3.8, 4) is 0 Å². The van der Waals surface area contributed by atoms with Gasteiger partial charge in [0.25, 0.3) is 5.69 Å². The van der Waals surface area contributed by atoms with Crippen LogP contribution in [0.25, 0.3) is 0 Å². The Morgan fingerprint density at radius 2 is 1.89 bits per heavy atom. The van der Waals surface area contributed by atoms with Gasteiger partial charge < -0.3 is 5.32 Å². The molecule has 0 amide bonds. The molecule has 18 heavy (non-hydrogen) atoms. The average molecular weight is 250 g/mol. The standard InChI is InChI=1S/C14H22N2O2/c1-9(2)14(11(4)15-5)12-7-6-10(3)8-13(12)16(17)18/h6-9,11,14-15H,1-5H3. The van der Waals surface area contributed by atoms with Gasteiger partial charge in [0.2, 0.25) is 0 Å². The van der Waals surface area contributed by atoms with Crippen LogP contribution in [0.3, 0.4) is 0 Å². The predicted octanol–water partition coefficient (Wildman–Crippen LogP) is 3.25. The first-order chi connectivity index (χ1) is 8.38. The van der Waals surface area contributed by atoms with E-state index in [9.17, 15) is 10.1 Å². The molecule has 4 heteroatoms. The summed E-state index contributed by atoms with van der Waals surface area (Å²) < 4.78 is 0. The van der Waals surface area contributed by atoms with Gasteiger partial charge in [0.15, 0.2) is 0 Å². The Morgan fingerprint density at radius 3 is 2.33 bits per heavy atom. The van der Waals surface area contributed by atoms with Gasteiger partial charge >= 0.3 is 0 Å². The predicted molar refractivity (Wildman–Crippen MR) is 73.9 cm³/mol. The second kappa shape index (κ2) is 5.96. The Kier molecular flexibility index (Phi) is 4.84. The quantitative estimate of drug-likeness (QED) is 0.644. The fourth-order valence-electron chi connectivity index (χ4n) is 2.48. The van der Waals surface area contributed by atoms with E-state index < -0.39 is 0 Å². The van der Waals surface area contributed by atoms with E-state index in [4.69, 9.17) is 0 Å². The van der Waals surface area contributed by atoms with E-state index in [0.29, 0.717) is 5.92 Å². The van der Waals surface area contributed by atoms with Crippen molar-refractivity contribution in [1.29, 1.82) is 0 Å². The zero-order valence-corrected chi connectivity index (χ0v) is 11.7. The molecule has 0 saturated heterocycles. The minimum Gasteiger partial charge on any atom is -0.317 e. The Morgan fingerprint density at radius 1 is 1.28 bits per heavy atom. The summed E-state index contributed by atoms with van der Waals surface area (Å²) in [6.45, 7) is 8.14. The van der Waals surface area contributed by atoms with Crippen molar-refractivity contribution >= 4 is 5.69 Å². The summed E-state index contributed by atoms with van der Waals surface area (Å²) in [5.41, 5.74) is 1.98. The lowest BCUT2D eigenvalue weighted by molar-refractivity contribution is -0.385. The highest BCUT2D eigenvalue weighted by Crippen LogP contribution is 2.34. The van der Waals surface area contributed by atoms with E-state index in [-0.39, 0.29) is 22.6 Å². The zero-order valence-electron chi connectivity index (χ0n) is 11.7. The number of hydrogen-bond donors (Lipinski definition) is 1. The van der Waals surface area contributed by atoms with Crippen LogP contribution in [0, 0.1) is 23.0 Å². The molecule has 0 aliphatic carbocycles. The first-order valence-electron chi connectivity index (χ1n) is 6.30. The molecule has 0 heterocycles. The summed E-state index contributed by atoms with van der Waals surface area (Å²) in [4.78, 5) is 10.9. The molecule has 0 bridgehead atoms. The number of nitrogens with one attached hydrogen (secondary N) is 1. The Balaban J connectivity index is 3.31. The molecular formula is C14H22N2O2. The molecule has 0 radical (unpaired) electrons. The topological polar surface area (TPSA) is 55.2 Å². The molecule has 1 N–H and O–H groups in total. The van der Waals surface area contributed by atoms with Crippen molar-refractivity contribution in [2.45, 2.75) is 39.7 Å². The third-order valence-electron chi connectivity index (χ3n) is 3.45. The van der Waals surface area contributed by atoms with Crippen molar-refractivity contribution in [2.24, 2.45) is 5.92 Å². The summed E-state index contributed by atoms with van der Waals surface area (Å²) >= 11 is 0. The highest BCUT2D eigenvalue weighted by atomic mass is 16.6. The van der Waals surface area contributed by atoms with E-state index in [2.05, 4.69) is 26.1 Å². The number of nitro benzene ring substituents is 1. The molecule has 2 unspecified atom stereocenters. The Labute approximate surface area is 109 Å². The molecule has 100 valence electrons. The van der Waals surface area contributed by atoms with Crippen LogP contribution in [0.1, 0.15) is 37.8 Å². The number of nitro groups is 1. The molecule has 0 aliphatic heterocycles. The molecule has 1 aromatic rings. The van der Waals surface area contributed by atoms with Gasteiger partial charge in [-0.05, 0) is 32.4 Å². The highest BCUT2D eigenvalue weighted by Gasteiger charge is 2.28. The third-order valence-corrected chi connectivity index (χ3v) is 3.45. The van der Waals surface area contributed by atoms with Crippen molar-refractivity contribution in [3.63, 3.8) is 0 Å². The van der Waals surface area contributed by atoms with Gasteiger partial charge in [0.1, 0.15) is 0 Å². The first-order valence-corrected chi connectivity index (χ1v) is 6.30. The molecule has 0 aliphatic rings. The molecule has 4 nitrogen and oxygen atoms in total. The molecule has 0 aromatic heterocycles. The van der Waals surface area contributed by atoms with Crippen molar-refractivity contribution in [2.75, 3.05) is 7.05 Å². The number of nitrogens with zero attached hydrogens (tertiary/aromatic N) is 1. The minimum atomic E-state index is -0.278. The molecule has 0 spiro atoms. The van der Waals surface area contributed by atoms with Gasteiger partial charge in [-0.2, -0.15) is 0 Å². The fraction of sp³-hybridized carbons (Fsp3) is 0.571. The van der Waals surface area contributed by atoms with Crippen LogP contribution in [-0.2, 0) is 0 Å². The van der Waals surface area contributed by atoms with Gasteiger partial charge in [-0.25, -0.2) is 0 Å². The second-order valence-corrected chi connectivity index (χ2v) is 5.17. The molecular weight excluding hydrogens is 228 g/mol. The molecule has 2 atom stereocenters. The lowest BCUT2D eigenvalue weighted by atomic mass is 9.82. The third kappa shape index (κ3) is 3.07. The largest absolute Gasteiger partial charge is 0.317 e. The molecule has 0 saturated carbocycles. The second-order valence-electron chi connectivity index (χ2n) is 5.17. The molecule has 0 fully saturated rings. The maximum atomic E-state index is 11.2. The van der Waals surface area contributed by atoms with Crippen molar-refractivity contribution < 1.29 is 4.92 Å². The summed E-state index contributed by atoms with van der Waals surface area (Å²) in [5.74, 6) is 0.477. The lowest BCUT2D eigenvalue weighted by Gasteiger charge is -2.27. The van der Waals surface area contributed by atoms with E-state index in [1.54, 1.807) is 6.07 Å². The number of aryl methyl sites for hydroxylation is 1. The Bertz CT molecular complexity index is 430. The summed E-state index contributed by atoms with van der Waals surface area (Å²) in [6.07, 6.45) is 0. The summed E-state index contributed by atoms with van der Waals surface area (Å²) in [5, 5.41) is 14.4. The number of benzene rings is 1. The smallest absolute Gasteiger partial charge is 0.273 e. The van der Waals surface area contributed by atoms with Gasteiger partial charge in [-0.3, -0.25) is 10.1 Å². The van der Waals surface area contributed by atoms with E-state index in [1.807, 2.05) is 26.1 Å². The average Bonchev–Trinajstić information content (AvgIpc) is 2.30. The maximum Gasteiger partial charge on any atom is 0.273 e. The maximum absolute atomic E-state index is 11.2. The van der Waals surface area contributed by atoms with Crippen LogP contribution < -0.4 is 5.32 Å². The van der Waals surface area contributed by atoms with Gasteiger partial charge in [-0.15, -0.1) is 0 Å². The van der Waals surface area contributed by atoms with Gasteiger partial charge in [-0.1, -0.05) is 26.0 Å².